The van der Waals surface area contributed by atoms with Gasteiger partial charge in [-0.25, -0.2) is 4.98 Å². The normalized spacial score (nSPS) is 19.3. The van der Waals surface area contributed by atoms with Crippen molar-refractivity contribution in [3.63, 3.8) is 0 Å². The highest BCUT2D eigenvalue weighted by Crippen LogP contribution is 2.27. The maximum Gasteiger partial charge on any atom is 0.176 e. The summed E-state index contributed by atoms with van der Waals surface area (Å²) in [6.45, 7) is 3.11. The SMILES string of the molecule is Cc1ccc(-c2ncc3n2CCC(CO)C3)o1. The fourth-order valence-corrected chi connectivity index (χ4v) is 2.44. The van der Waals surface area contributed by atoms with Crippen LogP contribution < -0.4 is 0 Å². The van der Waals surface area contributed by atoms with Crippen LogP contribution in [0.1, 0.15) is 17.9 Å². The lowest BCUT2D eigenvalue weighted by atomic mass is 9.97. The van der Waals surface area contributed by atoms with Crippen LogP contribution in [-0.2, 0) is 13.0 Å². The first kappa shape index (κ1) is 10.6. The standard InChI is InChI=1S/C13H16N2O2/c1-9-2-3-12(17-9)13-14-7-11-6-10(8-16)4-5-15(11)13/h2-3,7,10,16H,4-6,8H2,1H3. The molecule has 0 radical (unpaired) electrons. The summed E-state index contributed by atoms with van der Waals surface area (Å²) >= 11 is 0. The molecule has 1 aliphatic heterocycles. The maximum atomic E-state index is 9.20. The number of aliphatic hydroxyl groups excluding tert-OH is 1. The third-order valence-corrected chi connectivity index (χ3v) is 3.42. The van der Waals surface area contributed by atoms with Crippen molar-refractivity contribution >= 4 is 0 Å². The third kappa shape index (κ3) is 1.78. The van der Waals surface area contributed by atoms with Crippen LogP contribution in [0, 0.1) is 12.8 Å². The molecule has 0 spiro atoms. The van der Waals surface area contributed by atoms with E-state index < -0.39 is 0 Å². The van der Waals surface area contributed by atoms with Crippen molar-refractivity contribution in [3.8, 4) is 11.6 Å². The summed E-state index contributed by atoms with van der Waals surface area (Å²) in [6, 6.07) is 3.92. The van der Waals surface area contributed by atoms with Crippen molar-refractivity contribution in [1.82, 2.24) is 9.55 Å². The van der Waals surface area contributed by atoms with E-state index in [9.17, 15) is 5.11 Å². The molecule has 90 valence electrons. The molecule has 2 aromatic rings. The van der Waals surface area contributed by atoms with E-state index in [0.29, 0.717) is 5.92 Å². The van der Waals surface area contributed by atoms with Gasteiger partial charge in [0.1, 0.15) is 5.76 Å². The predicted molar refractivity (Wildman–Crippen MR) is 63.6 cm³/mol. The Bertz CT molecular complexity index is 527. The Morgan fingerprint density at radius 1 is 1.53 bits per heavy atom. The fraction of sp³-hybridized carbons (Fsp3) is 0.462. The quantitative estimate of drug-likeness (QED) is 0.861. The van der Waals surface area contributed by atoms with Crippen LogP contribution in [-0.4, -0.2) is 21.3 Å². The molecule has 0 amide bonds. The lowest BCUT2D eigenvalue weighted by molar-refractivity contribution is 0.201. The van der Waals surface area contributed by atoms with Crippen molar-refractivity contribution in [2.75, 3.05) is 6.61 Å². The minimum atomic E-state index is 0.264. The van der Waals surface area contributed by atoms with E-state index in [1.54, 1.807) is 0 Å². The average molecular weight is 232 g/mol. The van der Waals surface area contributed by atoms with Crippen LogP contribution in [0.25, 0.3) is 11.6 Å². The second kappa shape index (κ2) is 4.04. The molecule has 2 aromatic heterocycles. The summed E-state index contributed by atoms with van der Waals surface area (Å²) in [5.41, 5.74) is 1.19. The molecular weight excluding hydrogens is 216 g/mol. The number of aryl methyl sites for hydroxylation is 1. The zero-order valence-electron chi connectivity index (χ0n) is 9.89. The fourth-order valence-electron chi connectivity index (χ4n) is 2.44. The molecule has 17 heavy (non-hydrogen) atoms. The van der Waals surface area contributed by atoms with Gasteiger partial charge in [0.15, 0.2) is 11.6 Å². The van der Waals surface area contributed by atoms with Crippen molar-refractivity contribution < 1.29 is 9.52 Å². The highest BCUT2D eigenvalue weighted by Gasteiger charge is 2.22. The van der Waals surface area contributed by atoms with E-state index in [1.807, 2.05) is 25.3 Å². The average Bonchev–Trinajstić information content (AvgIpc) is 2.93. The van der Waals surface area contributed by atoms with E-state index in [4.69, 9.17) is 4.42 Å². The Labute approximate surface area is 99.9 Å². The Kier molecular flexibility index (Phi) is 2.52. The van der Waals surface area contributed by atoms with E-state index in [2.05, 4.69) is 9.55 Å². The van der Waals surface area contributed by atoms with Crippen molar-refractivity contribution in [2.24, 2.45) is 5.92 Å². The molecule has 1 unspecified atom stereocenters. The Hall–Kier alpha value is -1.55. The molecule has 1 N–H and O–H groups in total. The van der Waals surface area contributed by atoms with Crippen molar-refractivity contribution in [1.29, 1.82) is 0 Å². The van der Waals surface area contributed by atoms with Gasteiger partial charge in [0.05, 0.1) is 0 Å². The largest absolute Gasteiger partial charge is 0.458 e. The van der Waals surface area contributed by atoms with Crippen LogP contribution in [0.15, 0.2) is 22.7 Å². The smallest absolute Gasteiger partial charge is 0.176 e. The number of nitrogens with zero attached hydrogens (tertiary/aromatic N) is 2. The highest BCUT2D eigenvalue weighted by molar-refractivity contribution is 5.49. The second-order valence-electron chi connectivity index (χ2n) is 4.68. The summed E-state index contributed by atoms with van der Waals surface area (Å²) in [7, 11) is 0. The predicted octanol–water partition coefficient (Wildman–Crippen LogP) is 2.01. The minimum absolute atomic E-state index is 0.264. The third-order valence-electron chi connectivity index (χ3n) is 3.42. The lowest BCUT2D eigenvalue weighted by Crippen LogP contribution is -2.21. The number of aliphatic hydroxyl groups is 1. The summed E-state index contributed by atoms with van der Waals surface area (Å²) in [4.78, 5) is 4.44. The Balaban J connectivity index is 1.96. The Morgan fingerprint density at radius 3 is 3.12 bits per heavy atom. The minimum Gasteiger partial charge on any atom is -0.458 e. The van der Waals surface area contributed by atoms with Gasteiger partial charge in [-0.15, -0.1) is 0 Å². The van der Waals surface area contributed by atoms with Gasteiger partial charge >= 0.3 is 0 Å². The molecule has 0 aromatic carbocycles. The van der Waals surface area contributed by atoms with Gasteiger partial charge in [-0.2, -0.15) is 0 Å². The van der Waals surface area contributed by atoms with Crippen LogP contribution in [0.3, 0.4) is 0 Å². The van der Waals surface area contributed by atoms with Gasteiger partial charge in [0.25, 0.3) is 0 Å². The van der Waals surface area contributed by atoms with Crippen molar-refractivity contribution in [3.05, 3.63) is 29.8 Å². The monoisotopic (exact) mass is 232 g/mol. The molecule has 4 nitrogen and oxygen atoms in total. The van der Waals surface area contributed by atoms with E-state index in [0.717, 1.165) is 36.7 Å². The topological polar surface area (TPSA) is 51.2 Å². The maximum absolute atomic E-state index is 9.20. The molecule has 0 fully saturated rings. The molecule has 0 aliphatic carbocycles. The lowest BCUT2D eigenvalue weighted by Gasteiger charge is -2.22. The molecule has 1 aliphatic rings. The van der Waals surface area contributed by atoms with Crippen molar-refractivity contribution in [2.45, 2.75) is 26.3 Å². The number of fused-ring (bicyclic) bond motifs is 1. The van der Waals surface area contributed by atoms with Gasteiger partial charge in [-0.3, -0.25) is 0 Å². The van der Waals surface area contributed by atoms with Crippen LogP contribution in [0.2, 0.25) is 0 Å². The summed E-state index contributed by atoms with van der Waals surface area (Å²) in [6.07, 6.45) is 3.81. The van der Waals surface area contributed by atoms with Gasteiger partial charge in [-0.1, -0.05) is 0 Å². The molecule has 0 saturated heterocycles. The van der Waals surface area contributed by atoms with Gasteiger partial charge in [0, 0.05) is 25.0 Å². The molecule has 3 heterocycles. The van der Waals surface area contributed by atoms with Crippen LogP contribution in [0.4, 0.5) is 0 Å². The van der Waals surface area contributed by atoms with E-state index >= 15 is 0 Å². The zero-order valence-corrected chi connectivity index (χ0v) is 9.89. The van der Waals surface area contributed by atoms with E-state index in [-0.39, 0.29) is 6.61 Å². The van der Waals surface area contributed by atoms with Crippen LogP contribution >= 0.6 is 0 Å². The number of aromatic nitrogens is 2. The molecular formula is C13H16N2O2. The first-order valence-electron chi connectivity index (χ1n) is 6.00. The van der Waals surface area contributed by atoms with Crippen LogP contribution in [0.5, 0.6) is 0 Å². The number of imidazole rings is 1. The summed E-state index contributed by atoms with van der Waals surface area (Å²) in [5, 5.41) is 9.20. The Morgan fingerprint density at radius 2 is 2.41 bits per heavy atom. The second-order valence-corrected chi connectivity index (χ2v) is 4.68. The molecule has 1 atom stereocenters. The number of rotatable bonds is 2. The highest BCUT2D eigenvalue weighted by atomic mass is 16.3. The zero-order chi connectivity index (χ0) is 11.8. The van der Waals surface area contributed by atoms with Gasteiger partial charge < -0.3 is 14.1 Å². The molecule has 0 bridgehead atoms. The first-order valence-corrected chi connectivity index (χ1v) is 6.00. The number of hydrogen-bond donors (Lipinski definition) is 1. The summed E-state index contributed by atoms with van der Waals surface area (Å²) < 4.78 is 7.81. The number of furan rings is 1. The van der Waals surface area contributed by atoms with Gasteiger partial charge in [-0.05, 0) is 37.8 Å². The molecule has 0 saturated carbocycles. The first-order chi connectivity index (χ1) is 8.28. The van der Waals surface area contributed by atoms with Gasteiger partial charge in [0.2, 0.25) is 0 Å². The number of hydrogen-bond acceptors (Lipinski definition) is 3. The van der Waals surface area contributed by atoms with E-state index in [1.165, 1.54) is 5.69 Å². The molecule has 4 heteroatoms. The molecule has 3 rings (SSSR count). The summed E-state index contributed by atoms with van der Waals surface area (Å²) in [5.74, 6) is 3.02.